The van der Waals surface area contributed by atoms with E-state index in [4.69, 9.17) is 0 Å². The van der Waals surface area contributed by atoms with Crippen LogP contribution in [0.15, 0.2) is 36.7 Å². The number of halogens is 1. The van der Waals surface area contributed by atoms with Crippen LogP contribution in [0.5, 0.6) is 0 Å². The van der Waals surface area contributed by atoms with E-state index in [0.717, 1.165) is 12.4 Å². The summed E-state index contributed by atoms with van der Waals surface area (Å²) in [6.07, 6.45) is 3.68. The summed E-state index contributed by atoms with van der Waals surface area (Å²) in [5.74, 6) is 0.750. The number of aryl methyl sites for hydroxylation is 1. The van der Waals surface area contributed by atoms with Crippen molar-refractivity contribution in [3.8, 4) is 0 Å². The van der Waals surface area contributed by atoms with Gasteiger partial charge in [-0.1, -0.05) is 12.1 Å². The molecule has 1 aromatic heterocycles. The highest BCUT2D eigenvalue weighted by molar-refractivity contribution is 5.44. The molecule has 2 rings (SSSR count). The van der Waals surface area contributed by atoms with Crippen molar-refractivity contribution in [1.82, 2.24) is 9.55 Å². The molecule has 0 saturated carbocycles. The monoisotopic (exact) mass is 219 g/mol. The van der Waals surface area contributed by atoms with Crippen molar-refractivity contribution in [2.75, 3.05) is 11.9 Å². The van der Waals surface area contributed by atoms with E-state index in [1.807, 2.05) is 23.8 Å². The zero-order chi connectivity index (χ0) is 11.4. The molecule has 0 fully saturated rings. The Morgan fingerprint density at radius 3 is 2.88 bits per heavy atom. The molecule has 16 heavy (non-hydrogen) atoms. The van der Waals surface area contributed by atoms with E-state index in [9.17, 15) is 4.39 Å². The lowest BCUT2D eigenvalue weighted by atomic mass is 10.3. The van der Waals surface area contributed by atoms with Gasteiger partial charge in [-0.2, -0.15) is 0 Å². The van der Waals surface area contributed by atoms with Crippen LogP contribution in [-0.4, -0.2) is 16.1 Å². The average molecular weight is 219 g/mol. The van der Waals surface area contributed by atoms with Crippen LogP contribution in [0.25, 0.3) is 0 Å². The fourth-order valence-corrected chi connectivity index (χ4v) is 1.56. The van der Waals surface area contributed by atoms with Gasteiger partial charge in [-0.15, -0.1) is 0 Å². The molecule has 0 amide bonds. The van der Waals surface area contributed by atoms with Crippen LogP contribution in [-0.2, 0) is 6.54 Å². The zero-order valence-electron chi connectivity index (χ0n) is 9.15. The molecule has 1 heterocycles. The van der Waals surface area contributed by atoms with Gasteiger partial charge in [0.15, 0.2) is 0 Å². The molecule has 1 aromatic carbocycles. The Bertz CT molecular complexity index is 465. The predicted molar refractivity (Wildman–Crippen MR) is 61.9 cm³/mol. The zero-order valence-corrected chi connectivity index (χ0v) is 9.15. The van der Waals surface area contributed by atoms with Crippen molar-refractivity contribution < 1.29 is 4.39 Å². The third kappa shape index (κ3) is 2.39. The normalized spacial score (nSPS) is 10.4. The second-order valence-corrected chi connectivity index (χ2v) is 3.57. The van der Waals surface area contributed by atoms with E-state index in [0.29, 0.717) is 12.2 Å². The van der Waals surface area contributed by atoms with E-state index in [1.165, 1.54) is 6.07 Å². The number of nitrogens with one attached hydrogen (secondary N) is 1. The van der Waals surface area contributed by atoms with Crippen molar-refractivity contribution in [1.29, 1.82) is 0 Å². The van der Waals surface area contributed by atoms with Crippen molar-refractivity contribution in [2.24, 2.45) is 0 Å². The molecule has 2 aromatic rings. The summed E-state index contributed by atoms with van der Waals surface area (Å²) >= 11 is 0. The SMILES string of the molecule is Cc1nccn1CCNc1ccccc1F. The number of rotatable bonds is 4. The van der Waals surface area contributed by atoms with Crippen LogP contribution in [0.3, 0.4) is 0 Å². The Kier molecular flexibility index (Phi) is 3.19. The molecular formula is C12H14FN3. The first-order valence-corrected chi connectivity index (χ1v) is 5.23. The highest BCUT2D eigenvalue weighted by Gasteiger charge is 1.99. The Morgan fingerprint density at radius 1 is 1.38 bits per heavy atom. The highest BCUT2D eigenvalue weighted by Crippen LogP contribution is 2.11. The average Bonchev–Trinajstić information content (AvgIpc) is 2.67. The van der Waals surface area contributed by atoms with Crippen molar-refractivity contribution >= 4 is 5.69 Å². The van der Waals surface area contributed by atoms with Crippen LogP contribution < -0.4 is 5.32 Å². The lowest BCUT2D eigenvalue weighted by Gasteiger charge is -2.08. The molecule has 0 radical (unpaired) electrons. The molecule has 0 unspecified atom stereocenters. The topological polar surface area (TPSA) is 29.9 Å². The molecule has 0 aliphatic carbocycles. The standard InChI is InChI=1S/C12H14FN3/c1-10-14-6-8-16(10)9-7-15-12-5-3-2-4-11(12)13/h2-6,8,15H,7,9H2,1H3. The molecule has 0 atom stereocenters. The van der Waals surface area contributed by atoms with Crippen molar-refractivity contribution in [3.63, 3.8) is 0 Å². The van der Waals surface area contributed by atoms with Crippen LogP contribution in [0.2, 0.25) is 0 Å². The minimum absolute atomic E-state index is 0.218. The van der Waals surface area contributed by atoms with Gasteiger partial charge < -0.3 is 9.88 Å². The summed E-state index contributed by atoms with van der Waals surface area (Å²) in [5, 5.41) is 3.05. The smallest absolute Gasteiger partial charge is 0.146 e. The summed E-state index contributed by atoms with van der Waals surface area (Å²) in [4.78, 5) is 4.12. The van der Waals surface area contributed by atoms with E-state index >= 15 is 0 Å². The number of benzene rings is 1. The molecule has 0 aliphatic heterocycles. The molecule has 0 spiro atoms. The van der Waals surface area contributed by atoms with Gasteiger partial charge >= 0.3 is 0 Å². The summed E-state index contributed by atoms with van der Waals surface area (Å²) in [6.45, 7) is 3.40. The van der Waals surface area contributed by atoms with Gasteiger partial charge in [-0.25, -0.2) is 9.37 Å². The number of anilines is 1. The van der Waals surface area contributed by atoms with Crippen molar-refractivity contribution in [2.45, 2.75) is 13.5 Å². The fraction of sp³-hybridized carbons (Fsp3) is 0.250. The van der Waals surface area contributed by atoms with Gasteiger partial charge in [0.2, 0.25) is 0 Å². The molecule has 84 valence electrons. The van der Waals surface area contributed by atoms with Crippen LogP contribution in [0.4, 0.5) is 10.1 Å². The Hall–Kier alpha value is -1.84. The first kappa shape index (κ1) is 10.7. The minimum Gasteiger partial charge on any atom is -0.381 e. The predicted octanol–water partition coefficient (Wildman–Crippen LogP) is 2.44. The number of para-hydroxylation sites is 1. The Labute approximate surface area is 93.9 Å². The second-order valence-electron chi connectivity index (χ2n) is 3.57. The Balaban J connectivity index is 1.89. The molecule has 0 saturated heterocycles. The van der Waals surface area contributed by atoms with Gasteiger partial charge in [-0.3, -0.25) is 0 Å². The van der Waals surface area contributed by atoms with Gasteiger partial charge in [0.05, 0.1) is 5.69 Å². The largest absolute Gasteiger partial charge is 0.381 e. The number of hydrogen-bond acceptors (Lipinski definition) is 2. The number of imidazole rings is 1. The Morgan fingerprint density at radius 2 is 2.19 bits per heavy atom. The second kappa shape index (κ2) is 4.79. The first-order valence-electron chi connectivity index (χ1n) is 5.23. The quantitative estimate of drug-likeness (QED) is 0.856. The summed E-state index contributed by atoms with van der Waals surface area (Å²) < 4.78 is 15.3. The highest BCUT2D eigenvalue weighted by atomic mass is 19.1. The van der Waals surface area contributed by atoms with Crippen LogP contribution in [0, 0.1) is 12.7 Å². The third-order valence-electron chi connectivity index (χ3n) is 2.47. The summed E-state index contributed by atoms with van der Waals surface area (Å²) in [6, 6.07) is 6.68. The van der Waals surface area contributed by atoms with Gasteiger partial charge in [-0.05, 0) is 19.1 Å². The van der Waals surface area contributed by atoms with E-state index in [2.05, 4.69) is 10.3 Å². The molecular weight excluding hydrogens is 205 g/mol. The van der Waals surface area contributed by atoms with Crippen LogP contribution >= 0.6 is 0 Å². The maximum Gasteiger partial charge on any atom is 0.146 e. The third-order valence-corrected chi connectivity index (χ3v) is 2.47. The maximum atomic E-state index is 13.3. The summed E-state index contributed by atoms with van der Waals surface area (Å²) in [7, 11) is 0. The van der Waals surface area contributed by atoms with E-state index in [1.54, 1.807) is 18.3 Å². The molecule has 3 nitrogen and oxygen atoms in total. The van der Waals surface area contributed by atoms with Gasteiger partial charge in [0.25, 0.3) is 0 Å². The molecule has 0 aliphatic rings. The first-order chi connectivity index (χ1) is 7.77. The lowest BCUT2D eigenvalue weighted by molar-refractivity contribution is 0.627. The molecule has 1 N–H and O–H groups in total. The lowest BCUT2D eigenvalue weighted by Crippen LogP contribution is -2.11. The number of aromatic nitrogens is 2. The molecule has 4 heteroatoms. The summed E-state index contributed by atoms with van der Waals surface area (Å²) in [5.41, 5.74) is 0.542. The minimum atomic E-state index is -0.218. The number of hydrogen-bond donors (Lipinski definition) is 1. The van der Waals surface area contributed by atoms with Gasteiger partial charge in [0.1, 0.15) is 11.6 Å². The van der Waals surface area contributed by atoms with E-state index in [-0.39, 0.29) is 5.82 Å². The van der Waals surface area contributed by atoms with E-state index < -0.39 is 0 Å². The van der Waals surface area contributed by atoms with Crippen LogP contribution in [0.1, 0.15) is 5.82 Å². The maximum absolute atomic E-state index is 13.3. The molecule has 0 bridgehead atoms. The van der Waals surface area contributed by atoms with Crippen molar-refractivity contribution in [3.05, 3.63) is 48.3 Å². The fourth-order valence-electron chi connectivity index (χ4n) is 1.56. The number of nitrogens with zero attached hydrogens (tertiary/aromatic N) is 2. The van der Waals surface area contributed by atoms with Gasteiger partial charge in [0, 0.05) is 25.5 Å².